The van der Waals surface area contributed by atoms with Crippen molar-refractivity contribution in [2.75, 3.05) is 19.7 Å². The van der Waals surface area contributed by atoms with E-state index in [-0.39, 0.29) is 17.6 Å². The van der Waals surface area contributed by atoms with Crippen LogP contribution in [0.2, 0.25) is 0 Å². The minimum Gasteiger partial charge on any atom is -0.477 e. The average molecular weight is 308 g/mol. The standard InChI is InChI=1S/C12H16N6O4/c1-5-6(18-22-19)4-7-9(8(5)10(13)17-14)16-12(21-3)11(15-7)20-2/h4,18-19H,14H2,1-3H3,(H2,13,17). The van der Waals surface area contributed by atoms with Crippen molar-refractivity contribution in [3.05, 3.63) is 17.2 Å². The molecule has 1 heterocycles. The number of amidine groups is 1. The van der Waals surface area contributed by atoms with Gasteiger partial charge in [0.1, 0.15) is 5.52 Å². The molecule has 0 fully saturated rings. The molecule has 1 aromatic heterocycles. The fourth-order valence-electron chi connectivity index (χ4n) is 2.06. The Morgan fingerprint density at radius 1 is 1.27 bits per heavy atom. The van der Waals surface area contributed by atoms with Crippen LogP contribution < -0.4 is 26.5 Å². The topological polar surface area (TPSA) is 150 Å². The van der Waals surface area contributed by atoms with Crippen LogP contribution in [0.3, 0.4) is 0 Å². The van der Waals surface area contributed by atoms with Crippen molar-refractivity contribution in [1.29, 1.82) is 0 Å². The highest BCUT2D eigenvalue weighted by atomic mass is 17.2. The Morgan fingerprint density at radius 2 is 1.91 bits per heavy atom. The fraction of sp³-hybridized carbons (Fsp3) is 0.250. The summed E-state index contributed by atoms with van der Waals surface area (Å²) in [6.45, 7) is 1.73. The molecular formula is C12H16N6O4. The number of hydrazone groups is 1. The minimum absolute atomic E-state index is 0.0469. The van der Waals surface area contributed by atoms with Crippen LogP contribution in [0.1, 0.15) is 11.1 Å². The number of fused-ring (bicyclic) bond motifs is 1. The molecule has 0 radical (unpaired) electrons. The van der Waals surface area contributed by atoms with Crippen molar-refractivity contribution in [2.24, 2.45) is 16.7 Å². The Balaban J connectivity index is 2.88. The van der Waals surface area contributed by atoms with Crippen LogP contribution in [0, 0.1) is 6.92 Å². The lowest BCUT2D eigenvalue weighted by Crippen LogP contribution is -2.19. The first-order valence-electron chi connectivity index (χ1n) is 6.10. The number of benzene rings is 1. The second-order valence-corrected chi connectivity index (χ2v) is 4.24. The Morgan fingerprint density at radius 3 is 2.45 bits per heavy atom. The molecule has 0 aliphatic heterocycles. The van der Waals surface area contributed by atoms with E-state index in [9.17, 15) is 0 Å². The summed E-state index contributed by atoms with van der Waals surface area (Å²) in [5, 5.41) is 12.1. The summed E-state index contributed by atoms with van der Waals surface area (Å²) in [6, 6.07) is 1.60. The van der Waals surface area contributed by atoms with Gasteiger partial charge in [-0.15, -0.1) is 4.99 Å². The molecule has 0 spiro atoms. The summed E-state index contributed by atoms with van der Waals surface area (Å²) in [4.78, 5) is 12.6. The lowest BCUT2D eigenvalue weighted by molar-refractivity contribution is -0.215. The number of hydrogen-bond acceptors (Lipinski definition) is 9. The van der Waals surface area contributed by atoms with Gasteiger partial charge in [0, 0.05) is 0 Å². The van der Waals surface area contributed by atoms with Crippen LogP contribution in [0.5, 0.6) is 11.8 Å². The predicted octanol–water partition coefficient (Wildman–Crippen LogP) is 0.351. The van der Waals surface area contributed by atoms with E-state index in [2.05, 4.69) is 25.5 Å². The molecule has 2 rings (SSSR count). The van der Waals surface area contributed by atoms with Gasteiger partial charge in [0.05, 0.1) is 31.0 Å². The minimum atomic E-state index is 0.0469. The van der Waals surface area contributed by atoms with Gasteiger partial charge >= 0.3 is 0 Å². The maximum Gasteiger partial charge on any atom is 0.278 e. The van der Waals surface area contributed by atoms with Gasteiger partial charge in [-0.1, -0.05) is 0 Å². The number of hydrogen-bond donors (Lipinski definition) is 4. The van der Waals surface area contributed by atoms with E-state index in [1.54, 1.807) is 13.0 Å². The van der Waals surface area contributed by atoms with E-state index >= 15 is 0 Å². The molecule has 10 heteroatoms. The second-order valence-electron chi connectivity index (χ2n) is 4.24. The molecule has 10 nitrogen and oxygen atoms in total. The van der Waals surface area contributed by atoms with Gasteiger partial charge in [-0.25, -0.2) is 20.7 Å². The lowest BCUT2D eigenvalue weighted by Gasteiger charge is -2.15. The molecule has 6 N–H and O–H groups in total. The largest absolute Gasteiger partial charge is 0.477 e. The van der Waals surface area contributed by atoms with Gasteiger partial charge in [-0.05, 0) is 18.6 Å². The van der Waals surface area contributed by atoms with Crippen LogP contribution >= 0.6 is 0 Å². The molecule has 22 heavy (non-hydrogen) atoms. The quantitative estimate of drug-likeness (QED) is 0.202. The van der Waals surface area contributed by atoms with Crippen LogP contribution in [0.15, 0.2) is 11.2 Å². The zero-order chi connectivity index (χ0) is 16.3. The molecule has 2 aromatic rings. The van der Waals surface area contributed by atoms with E-state index in [0.29, 0.717) is 27.8 Å². The highest BCUT2D eigenvalue weighted by Gasteiger charge is 2.19. The Bertz CT molecular complexity index is 733. The molecular weight excluding hydrogens is 292 g/mol. The number of nitrogens with zero attached hydrogens (tertiary/aromatic N) is 3. The van der Waals surface area contributed by atoms with Crippen molar-refractivity contribution in [1.82, 2.24) is 9.97 Å². The van der Waals surface area contributed by atoms with Crippen LogP contribution in [0.25, 0.3) is 11.0 Å². The summed E-state index contributed by atoms with van der Waals surface area (Å²) in [7, 11) is 2.89. The number of rotatable bonds is 5. The third-order valence-electron chi connectivity index (χ3n) is 3.10. The van der Waals surface area contributed by atoms with Crippen molar-refractivity contribution in [2.45, 2.75) is 6.92 Å². The van der Waals surface area contributed by atoms with Gasteiger partial charge in [-0.3, -0.25) is 0 Å². The summed E-state index contributed by atoms with van der Waals surface area (Å²) in [6.07, 6.45) is 0. The van der Waals surface area contributed by atoms with Crippen molar-refractivity contribution < 1.29 is 19.7 Å². The van der Waals surface area contributed by atoms with Gasteiger partial charge in [-0.2, -0.15) is 5.10 Å². The van der Waals surface area contributed by atoms with Gasteiger partial charge in [0.25, 0.3) is 11.8 Å². The highest BCUT2D eigenvalue weighted by molar-refractivity contribution is 6.09. The van der Waals surface area contributed by atoms with Crippen molar-refractivity contribution >= 4 is 22.6 Å². The van der Waals surface area contributed by atoms with Crippen molar-refractivity contribution in [3.8, 4) is 11.8 Å². The molecule has 0 aliphatic rings. The average Bonchev–Trinajstić information content (AvgIpc) is 2.54. The fourth-order valence-corrected chi connectivity index (χ4v) is 2.06. The molecule has 0 atom stereocenters. The predicted molar refractivity (Wildman–Crippen MR) is 79.6 cm³/mol. The Labute approximate surface area is 125 Å². The summed E-state index contributed by atoms with van der Waals surface area (Å²) >= 11 is 0. The summed E-state index contributed by atoms with van der Waals surface area (Å²) < 4.78 is 10.3. The van der Waals surface area contributed by atoms with Crippen LogP contribution in [-0.4, -0.2) is 35.3 Å². The molecule has 118 valence electrons. The van der Waals surface area contributed by atoms with Gasteiger partial charge < -0.3 is 21.1 Å². The van der Waals surface area contributed by atoms with Gasteiger partial charge in [0.15, 0.2) is 5.84 Å². The normalized spacial score (nSPS) is 11.5. The number of aromatic nitrogens is 2. The van der Waals surface area contributed by atoms with E-state index in [4.69, 9.17) is 26.3 Å². The van der Waals surface area contributed by atoms with Crippen LogP contribution in [0.4, 0.5) is 5.69 Å². The Hall–Kier alpha value is -2.85. The number of anilines is 1. The molecule has 0 saturated heterocycles. The maximum absolute atomic E-state index is 8.61. The SMILES string of the molecule is COc1nc2cc(NOO)c(C)c(/C(N)=N/N)c2nc1OC. The lowest BCUT2D eigenvalue weighted by atomic mass is 10.0. The maximum atomic E-state index is 8.61. The van der Waals surface area contributed by atoms with Crippen LogP contribution in [-0.2, 0) is 4.99 Å². The smallest absolute Gasteiger partial charge is 0.278 e. The first-order valence-corrected chi connectivity index (χ1v) is 6.10. The monoisotopic (exact) mass is 308 g/mol. The molecule has 0 aliphatic carbocycles. The first kappa shape index (κ1) is 15.5. The molecule has 0 unspecified atom stereocenters. The van der Waals surface area contributed by atoms with E-state index in [1.165, 1.54) is 14.2 Å². The highest BCUT2D eigenvalue weighted by Crippen LogP contribution is 2.31. The summed E-state index contributed by atoms with van der Waals surface area (Å²) in [5.41, 5.74) is 10.5. The molecule has 0 saturated carbocycles. The zero-order valence-electron chi connectivity index (χ0n) is 12.2. The number of ether oxygens (including phenoxy) is 2. The molecule has 0 bridgehead atoms. The van der Waals surface area contributed by atoms with E-state index < -0.39 is 0 Å². The van der Waals surface area contributed by atoms with Gasteiger partial charge in [0.2, 0.25) is 0 Å². The second kappa shape index (κ2) is 6.28. The number of nitrogens with one attached hydrogen (secondary N) is 1. The third-order valence-corrected chi connectivity index (χ3v) is 3.10. The van der Waals surface area contributed by atoms with Crippen molar-refractivity contribution in [3.63, 3.8) is 0 Å². The Kier molecular flexibility index (Phi) is 4.44. The third kappa shape index (κ3) is 2.52. The van der Waals surface area contributed by atoms with E-state index in [0.717, 1.165) is 0 Å². The molecule has 0 amide bonds. The zero-order valence-corrected chi connectivity index (χ0v) is 12.2. The number of methoxy groups -OCH3 is 2. The summed E-state index contributed by atoms with van der Waals surface area (Å²) in [5.74, 6) is 5.71. The first-order chi connectivity index (χ1) is 10.6. The van der Waals surface area contributed by atoms with E-state index in [1.807, 2.05) is 0 Å². The molecule has 1 aromatic carbocycles. The number of nitrogens with two attached hydrogens (primary N) is 2.